The Balaban J connectivity index is 2.06. The highest BCUT2D eigenvalue weighted by Gasteiger charge is 2.19. The summed E-state index contributed by atoms with van der Waals surface area (Å²) in [4.78, 5) is 19.4. The summed E-state index contributed by atoms with van der Waals surface area (Å²) in [5.41, 5.74) is 0.747. The van der Waals surface area contributed by atoms with E-state index in [0.717, 1.165) is 5.56 Å². The lowest BCUT2D eigenvalue weighted by Crippen LogP contribution is -2.21. The highest BCUT2D eigenvalue weighted by Crippen LogP contribution is 2.17. The Bertz CT molecular complexity index is 590. The monoisotopic (exact) mass is 287 g/mol. The third-order valence-electron chi connectivity index (χ3n) is 2.92. The highest BCUT2D eigenvalue weighted by molar-refractivity contribution is 5.76. The molecule has 2 aromatic rings. The zero-order valence-corrected chi connectivity index (χ0v) is 11.7. The van der Waals surface area contributed by atoms with E-state index in [1.165, 1.54) is 6.33 Å². The Kier molecular flexibility index (Phi) is 5.09. The number of ether oxygens (including phenoxy) is 1. The molecule has 0 amide bonds. The Morgan fingerprint density at radius 1 is 1.33 bits per heavy atom. The largest absolute Gasteiger partial charge is 0.481 e. The van der Waals surface area contributed by atoms with Crippen LogP contribution in [0.3, 0.4) is 0 Å². The van der Waals surface area contributed by atoms with E-state index in [-0.39, 0.29) is 6.54 Å². The minimum atomic E-state index is -0.882. The molecule has 6 heteroatoms. The first-order valence-electron chi connectivity index (χ1n) is 6.67. The molecule has 0 bridgehead atoms. The SMILES string of the molecule is CCOc1cc(NCC(C(=O)O)c2ccccc2)ncn1. The smallest absolute Gasteiger partial charge is 0.312 e. The third kappa shape index (κ3) is 4.17. The van der Waals surface area contributed by atoms with E-state index in [1.54, 1.807) is 18.2 Å². The van der Waals surface area contributed by atoms with E-state index in [0.29, 0.717) is 18.3 Å². The van der Waals surface area contributed by atoms with Crippen LogP contribution in [0.2, 0.25) is 0 Å². The second kappa shape index (κ2) is 7.23. The van der Waals surface area contributed by atoms with Crippen molar-refractivity contribution >= 4 is 11.8 Å². The number of aliphatic carboxylic acids is 1. The predicted molar refractivity (Wildman–Crippen MR) is 78.5 cm³/mol. The number of hydrogen-bond donors (Lipinski definition) is 2. The van der Waals surface area contributed by atoms with Gasteiger partial charge in [0.05, 0.1) is 12.5 Å². The zero-order valence-electron chi connectivity index (χ0n) is 11.7. The molecule has 1 aromatic heterocycles. The van der Waals surface area contributed by atoms with Gasteiger partial charge in [0.2, 0.25) is 5.88 Å². The Hall–Kier alpha value is -2.63. The molecule has 21 heavy (non-hydrogen) atoms. The fraction of sp³-hybridized carbons (Fsp3) is 0.267. The molecule has 0 aliphatic rings. The molecule has 1 atom stereocenters. The van der Waals surface area contributed by atoms with Gasteiger partial charge in [-0.2, -0.15) is 0 Å². The van der Waals surface area contributed by atoms with Gasteiger partial charge in [-0.15, -0.1) is 0 Å². The summed E-state index contributed by atoms with van der Waals surface area (Å²) in [6.07, 6.45) is 1.38. The van der Waals surface area contributed by atoms with Crippen LogP contribution >= 0.6 is 0 Å². The van der Waals surface area contributed by atoms with E-state index in [9.17, 15) is 9.90 Å². The quantitative estimate of drug-likeness (QED) is 0.811. The average molecular weight is 287 g/mol. The van der Waals surface area contributed by atoms with Crippen molar-refractivity contribution in [2.45, 2.75) is 12.8 Å². The van der Waals surface area contributed by atoms with E-state index in [4.69, 9.17) is 4.74 Å². The van der Waals surface area contributed by atoms with Crippen molar-refractivity contribution in [3.8, 4) is 5.88 Å². The van der Waals surface area contributed by atoms with E-state index in [1.807, 2.05) is 25.1 Å². The van der Waals surface area contributed by atoms with Crippen LogP contribution in [0, 0.1) is 0 Å². The van der Waals surface area contributed by atoms with Gasteiger partial charge in [0.1, 0.15) is 12.1 Å². The second-order valence-electron chi connectivity index (χ2n) is 4.36. The van der Waals surface area contributed by atoms with Gasteiger partial charge in [0.15, 0.2) is 0 Å². The molecular formula is C15H17N3O3. The minimum absolute atomic E-state index is 0.238. The lowest BCUT2D eigenvalue weighted by Gasteiger charge is -2.14. The molecule has 2 rings (SSSR count). The summed E-state index contributed by atoms with van der Waals surface area (Å²) in [6, 6.07) is 10.7. The number of nitrogens with zero attached hydrogens (tertiary/aromatic N) is 2. The van der Waals surface area contributed by atoms with Gasteiger partial charge in [-0.05, 0) is 12.5 Å². The number of hydrogen-bond acceptors (Lipinski definition) is 5. The van der Waals surface area contributed by atoms with E-state index < -0.39 is 11.9 Å². The van der Waals surface area contributed by atoms with Crippen LogP contribution in [0.15, 0.2) is 42.7 Å². The maximum atomic E-state index is 11.4. The first-order chi connectivity index (χ1) is 10.2. The minimum Gasteiger partial charge on any atom is -0.481 e. The summed E-state index contributed by atoms with van der Waals surface area (Å²) in [7, 11) is 0. The summed E-state index contributed by atoms with van der Waals surface area (Å²) in [6.45, 7) is 2.62. The van der Waals surface area contributed by atoms with Crippen LogP contribution in [0.4, 0.5) is 5.82 Å². The Labute approximate surface area is 122 Å². The summed E-state index contributed by atoms with van der Waals surface area (Å²) >= 11 is 0. The van der Waals surface area contributed by atoms with Crippen LogP contribution in [0.25, 0.3) is 0 Å². The van der Waals surface area contributed by atoms with Crippen molar-refractivity contribution in [2.75, 3.05) is 18.5 Å². The normalized spacial score (nSPS) is 11.7. The summed E-state index contributed by atoms with van der Waals surface area (Å²) in [5, 5.41) is 12.4. The molecule has 110 valence electrons. The van der Waals surface area contributed by atoms with E-state index >= 15 is 0 Å². The average Bonchev–Trinajstić information content (AvgIpc) is 2.49. The van der Waals surface area contributed by atoms with Crippen LogP contribution < -0.4 is 10.1 Å². The van der Waals surface area contributed by atoms with E-state index in [2.05, 4.69) is 15.3 Å². The first kappa shape index (κ1) is 14.8. The molecule has 0 saturated heterocycles. The molecule has 0 aliphatic carbocycles. The molecule has 2 N–H and O–H groups in total. The lowest BCUT2D eigenvalue weighted by atomic mass is 9.99. The van der Waals surface area contributed by atoms with Crippen LogP contribution in [-0.4, -0.2) is 34.2 Å². The molecule has 1 unspecified atom stereocenters. The number of rotatable bonds is 7. The fourth-order valence-electron chi connectivity index (χ4n) is 1.90. The van der Waals surface area contributed by atoms with Gasteiger partial charge in [-0.3, -0.25) is 4.79 Å². The second-order valence-corrected chi connectivity index (χ2v) is 4.36. The van der Waals surface area contributed by atoms with Crippen molar-refractivity contribution in [3.05, 3.63) is 48.3 Å². The summed E-state index contributed by atoms with van der Waals surface area (Å²) < 4.78 is 5.28. The van der Waals surface area contributed by atoms with Crippen molar-refractivity contribution in [1.82, 2.24) is 9.97 Å². The number of carboxylic acid groups (broad SMARTS) is 1. The Morgan fingerprint density at radius 3 is 2.76 bits per heavy atom. The van der Waals surface area contributed by atoms with Crippen molar-refractivity contribution in [2.24, 2.45) is 0 Å². The van der Waals surface area contributed by atoms with Gasteiger partial charge >= 0.3 is 5.97 Å². The molecule has 0 saturated carbocycles. The third-order valence-corrected chi connectivity index (χ3v) is 2.92. The molecule has 1 heterocycles. The number of benzene rings is 1. The maximum Gasteiger partial charge on any atom is 0.312 e. The topological polar surface area (TPSA) is 84.3 Å². The Morgan fingerprint density at radius 2 is 2.10 bits per heavy atom. The van der Waals surface area contributed by atoms with Gasteiger partial charge in [0, 0.05) is 12.6 Å². The zero-order chi connectivity index (χ0) is 15.1. The molecule has 0 fully saturated rings. The van der Waals surface area contributed by atoms with Gasteiger partial charge < -0.3 is 15.2 Å². The number of carbonyl (C=O) groups is 1. The fourth-order valence-corrected chi connectivity index (χ4v) is 1.90. The molecule has 6 nitrogen and oxygen atoms in total. The number of carboxylic acids is 1. The van der Waals surface area contributed by atoms with Gasteiger partial charge in [0.25, 0.3) is 0 Å². The lowest BCUT2D eigenvalue weighted by molar-refractivity contribution is -0.138. The van der Waals surface area contributed by atoms with Crippen molar-refractivity contribution in [3.63, 3.8) is 0 Å². The first-order valence-corrected chi connectivity index (χ1v) is 6.67. The molecular weight excluding hydrogens is 270 g/mol. The van der Waals surface area contributed by atoms with Crippen molar-refractivity contribution in [1.29, 1.82) is 0 Å². The van der Waals surface area contributed by atoms with Crippen LogP contribution in [-0.2, 0) is 4.79 Å². The predicted octanol–water partition coefficient (Wildman–Crippen LogP) is 2.16. The van der Waals surface area contributed by atoms with Crippen LogP contribution in [0.5, 0.6) is 5.88 Å². The number of anilines is 1. The van der Waals surface area contributed by atoms with Crippen LogP contribution in [0.1, 0.15) is 18.4 Å². The number of aromatic nitrogens is 2. The van der Waals surface area contributed by atoms with Crippen molar-refractivity contribution < 1.29 is 14.6 Å². The maximum absolute atomic E-state index is 11.4. The summed E-state index contributed by atoms with van der Waals surface area (Å²) in [5.74, 6) is -0.526. The highest BCUT2D eigenvalue weighted by atomic mass is 16.5. The molecule has 0 aliphatic heterocycles. The standard InChI is InChI=1S/C15H17N3O3/c1-2-21-14-8-13(17-10-18-14)16-9-12(15(19)20)11-6-4-3-5-7-11/h3-8,10,12H,2,9H2,1H3,(H,19,20)(H,16,17,18). The number of nitrogens with one attached hydrogen (secondary N) is 1. The van der Waals surface area contributed by atoms with Gasteiger partial charge in [-0.1, -0.05) is 30.3 Å². The molecule has 0 spiro atoms. The molecule has 1 aromatic carbocycles. The molecule has 0 radical (unpaired) electrons. The van der Waals surface area contributed by atoms with Gasteiger partial charge in [-0.25, -0.2) is 9.97 Å².